The number of rotatable bonds is 3. The van der Waals surface area contributed by atoms with E-state index in [0.717, 1.165) is 22.4 Å². The van der Waals surface area contributed by atoms with Crippen LogP contribution in [-0.2, 0) is 5.66 Å². The quantitative estimate of drug-likeness (QED) is 0.477. The molecule has 2 heterocycles. The molecule has 3 aromatic rings. The number of hydrogen-bond donors (Lipinski definition) is 1. The van der Waals surface area contributed by atoms with E-state index in [0.29, 0.717) is 18.2 Å². The van der Waals surface area contributed by atoms with Gasteiger partial charge in [-0.3, -0.25) is 4.79 Å². The summed E-state index contributed by atoms with van der Waals surface area (Å²) >= 11 is 7.60. The van der Waals surface area contributed by atoms with Crippen molar-refractivity contribution in [3.8, 4) is 0 Å². The lowest BCUT2D eigenvalue weighted by Gasteiger charge is -2.41. The van der Waals surface area contributed by atoms with Crippen molar-refractivity contribution < 1.29 is 4.79 Å². The average molecular weight is 432 g/mol. The lowest BCUT2D eigenvalue weighted by Crippen LogP contribution is -2.52. The predicted octanol–water partition coefficient (Wildman–Crippen LogP) is 4.78. The molecule has 0 radical (unpaired) electrons. The minimum atomic E-state index is -0.726. The first-order valence-electron chi connectivity index (χ1n) is 9.86. The zero-order chi connectivity index (χ0) is 20.7. The van der Waals surface area contributed by atoms with Crippen LogP contribution in [0.15, 0.2) is 83.8 Å². The standard InChI is InChI=1S/C24H21N3OS2/c1-30-19-11-7-10-18(16-19)25-23(29)27-15-14-26-22(28)20-12-5-6-13-21(20)24(26,27)17-8-3-2-4-9-17/h2-13,16H,14-15H2,1H3,(H,25,29)/t24-/m0/s1. The van der Waals surface area contributed by atoms with Gasteiger partial charge in [0, 0.05) is 40.4 Å². The van der Waals surface area contributed by atoms with Crippen LogP contribution in [0.3, 0.4) is 0 Å². The number of anilines is 1. The summed E-state index contributed by atoms with van der Waals surface area (Å²) in [6.45, 7) is 1.29. The highest BCUT2D eigenvalue weighted by Crippen LogP contribution is 2.49. The Morgan fingerprint density at radius 3 is 2.57 bits per heavy atom. The lowest BCUT2D eigenvalue weighted by molar-refractivity contribution is 0.0604. The van der Waals surface area contributed by atoms with Gasteiger partial charge in [-0.1, -0.05) is 54.6 Å². The van der Waals surface area contributed by atoms with E-state index in [2.05, 4.69) is 46.8 Å². The van der Waals surface area contributed by atoms with Crippen LogP contribution in [0, 0.1) is 0 Å². The third kappa shape index (κ3) is 2.75. The Labute approximate surface area is 185 Å². The van der Waals surface area contributed by atoms with Crippen molar-refractivity contribution in [2.45, 2.75) is 10.6 Å². The summed E-state index contributed by atoms with van der Waals surface area (Å²) < 4.78 is 0. The van der Waals surface area contributed by atoms with E-state index in [-0.39, 0.29) is 5.91 Å². The molecule has 30 heavy (non-hydrogen) atoms. The van der Waals surface area contributed by atoms with Crippen molar-refractivity contribution in [3.63, 3.8) is 0 Å². The van der Waals surface area contributed by atoms with Gasteiger partial charge in [0.2, 0.25) is 0 Å². The van der Waals surface area contributed by atoms with E-state index in [4.69, 9.17) is 12.2 Å². The molecular weight excluding hydrogens is 410 g/mol. The number of thioether (sulfide) groups is 1. The van der Waals surface area contributed by atoms with Gasteiger partial charge in [0.05, 0.1) is 0 Å². The van der Waals surface area contributed by atoms with Crippen LogP contribution in [0.2, 0.25) is 0 Å². The highest BCUT2D eigenvalue weighted by molar-refractivity contribution is 7.98. The smallest absolute Gasteiger partial charge is 0.256 e. The maximum atomic E-state index is 13.3. The molecule has 0 aromatic heterocycles. The highest BCUT2D eigenvalue weighted by atomic mass is 32.2. The van der Waals surface area contributed by atoms with Crippen LogP contribution in [-0.4, -0.2) is 40.2 Å². The summed E-state index contributed by atoms with van der Waals surface area (Å²) in [6.07, 6.45) is 2.06. The van der Waals surface area contributed by atoms with E-state index < -0.39 is 5.66 Å². The number of fused-ring (bicyclic) bond motifs is 3. The molecule has 2 aliphatic rings. The van der Waals surface area contributed by atoms with Crippen LogP contribution in [0.25, 0.3) is 0 Å². The molecule has 0 spiro atoms. The molecule has 5 rings (SSSR count). The molecule has 1 amide bonds. The predicted molar refractivity (Wildman–Crippen MR) is 126 cm³/mol. The van der Waals surface area contributed by atoms with Crippen molar-refractivity contribution in [2.24, 2.45) is 0 Å². The minimum Gasteiger partial charge on any atom is -0.332 e. The van der Waals surface area contributed by atoms with E-state index in [1.807, 2.05) is 53.4 Å². The van der Waals surface area contributed by atoms with Gasteiger partial charge in [-0.15, -0.1) is 11.8 Å². The number of thiocarbonyl (C=S) groups is 1. The Morgan fingerprint density at radius 1 is 1.00 bits per heavy atom. The molecule has 1 fully saturated rings. The van der Waals surface area contributed by atoms with Gasteiger partial charge >= 0.3 is 0 Å². The molecule has 0 aliphatic carbocycles. The number of nitrogens with one attached hydrogen (secondary N) is 1. The second kappa shape index (κ2) is 7.45. The van der Waals surface area contributed by atoms with Gasteiger partial charge in [0.15, 0.2) is 10.8 Å². The first-order valence-corrected chi connectivity index (χ1v) is 11.5. The lowest BCUT2D eigenvalue weighted by atomic mass is 9.90. The van der Waals surface area contributed by atoms with Crippen LogP contribution in [0.1, 0.15) is 21.5 Å². The van der Waals surface area contributed by atoms with E-state index in [1.165, 1.54) is 4.90 Å². The molecule has 2 aliphatic heterocycles. The van der Waals surface area contributed by atoms with E-state index in [9.17, 15) is 4.79 Å². The maximum Gasteiger partial charge on any atom is 0.256 e. The van der Waals surface area contributed by atoms with Crippen LogP contribution in [0.4, 0.5) is 5.69 Å². The second-order valence-electron chi connectivity index (χ2n) is 7.35. The zero-order valence-electron chi connectivity index (χ0n) is 16.5. The van der Waals surface area contributed by atoms with Gasteiger partial charge in [-0.25, -0.2) is 0 Å². The van der Waals surface area contributed by atoms with Crippen molar-refractivity contribution in [1.29, 1.82) is 0 Å². The summed E-state index contributed by atoms with van der Waals surface area (Å²) in [5, 5.41) is 4.03. The third-order valence-electron chi connectivity index (χ3n) is 5.85. The number of carbonyl (C=O) groups is 1. The van der Waals surface area contributed by atoms with Crippen LogP contribution in [0.5, 0.6) is 0 Å². The molecule has 3 aromatic carbocycles. The first kappa shape index (κ1) is 19.2. The molecule has 6 heteroatoms. The molecule has 0 bridgehead atoms. The molecule has 4 nitrogen and oxygen atoms in total. The van der Waals surface area contributed by atoms with Crippen molar-refractivity contribution in [2.75, 3.05) is 24.7 Å². The Hall–Kier alpha value is -2.83. The average Bonchev–Trinajstić information content (AvgIpc) is 3.30. The maximum absolute atomic E-state index is 13.3. The monoisotopic (exact) mass is 431 g/mol. The topological polar surface area (TPSA) is 35.6 Å². The van der Waals surface area contributed by atoms with Gasteiger partial charge in [0.1, 0.15) is 0 Å². The number of nitrogens with zero attached hydrogens (tertiary/aromatic N) is 2. The van der Waals surface area contributed by atoms with Crippen LogP contribution >= 0.6 is 24.0 Å². The molecule has 1 N–H and O–H groups in total. The van der Waals surface area contributed by atoms with E-state index in [1.54, 1.807) is 11.8 Å². The summed E-state index contributed by atoms with van der Waals surface area (Å²) in [4.78, 5) is 18.6. The fraction of sp³-hybridized carbons (Fsp3) is 0.167. The van der Waals surface area contributed by atoms with Gasteiger partial charge in [-0.05, 0) is 42.7 Å². The van der Waals surface area contributed by atoms with Gasteiger partial charge in [-0.2, -0.15) is 0 Å². The van der Waals surface area contributed by atoms with Crippen LogP contribution < -0.4 is 5.32 Å². The largest absolute Gasteiger partial charge is 0.332 e. The van der Waals surface area contributed by atoms with Gasteiger partial charge in [0.25, 0.3) is 5.91 Å². The van der Waals surface area contributed by atoms with Crippen molar-refractivity contribution in [3.05, 3.63) is 95.6 Å². The highest BCUT2D eigenvalue weighted by Gasteiger charge is 2.58. The summed E-state index contributed by atoms with van der Waals surface area (Å²) in [5.74, 6) is 0.0594. The normalized spacial score (nSPS) is 19.6. The SMILES string of the molecule is CSc1cccc(NC(=S)N2CCN3C(=O)c4ccccc4[C@@]32c2ccccc2)c1. The number of hydrogen-bond acceptors (Lipinski definition) is 3. The molecule has 150 valence electrons. The minimum absolute atomic E-state index is 0.0594. The summed E-state index contributed by atoms with van der Waals surface area (Å²) in [5.41, 5.74) is 3.00. The Bertz CT molecular complexity index is 1130. The summed E-state index contributed by atoms with van der Waals surface area (Å²) in [6, 6.07) is 26.3. The van der Waals surface area contributed by atoms with Crippen molar-refractivity contribution in [1.82, 2.24) is 9.80 Å². The Morgan fingerprint density at radius 2 is 1.77 bits per heavy atom. The molecule has 0 saturated carbocycles. The number of benzene rings is 3. The molecule has 1 saturated heterocycles. The number of carbonyl (C=O) groups excluding carboxylic acids is 1. The summed E-state index contributed by atoms with van der Waals surface area (Å²) in [7, 11) is 0. The van der Waals surface area contributed by atoms with Gasteiger partial charge < -0.3 is 15.1 Å². The molecule has 1 atom stereocenters. The zero-order valence-corrected chi connectivity index (χ0v) is 18.2. The third-order valence-corrected chi connectivity index (χ3v) is 6.90. The fourth-order valence-corrected chi connectivity index (χ4v) is 5.41. The van der Waals surface area contributed by atoms with E-state index >= 15 is 0 Å². The second-order valence-corrected chi connectivity index (χ2v) is 8.62. The van der Waals surface area contributed by atoms with Crippen molar-refractivity contribution >= 4 is 40.7 Å². The fourth-order valence-electron chi connectivity index (χ4n) is 4.61. The Kier molecular flexibility index (Phi) is 4.76. The molecular formula is C24H21N3OS2. The first-order chi connectivity index (χ1) is 14.7. The number of amides is 1. The Balaban J connectivity index is 1.62. The molecule has 0 unspecified atom stereocenters.